The second kappa shape index (κ2) is 6.93. The summed E-state index contributed by atoms with van der Waals surface area (Å²) >= 11 is 0. The van der Waals surface area contributed by atoms with Gasteiger partial charge in [-0.05, 0) is 25.0 Å². The Balaban J connectivity index is 2.27. The molecule has 0 saturated heterocycles. The predicted molar refractivity (Wildman–Crippen MR) is 71.3 cm³/mol. The van der Waals surface area contributed by atoms with Crippen LogP contribution in [0.2, 0.25) is 0 Å². The average molecular weight is 301 g/mol. The molecule has 2 rings (SSSR count). The highest BCUT2D eigenvalue weighted by Gasteiger charge is 2.29. The Labute approximate surface area is 121 Å². The fraction of sp³-hybridized carbons (Fsp3) is 0.533. The van der Waals surface area contributed by atoms with Gasteiger partial charge < -0.3 is 10.0 Å². The van der Waals surface area contributed by atoms with E-state index in [4.69, 9.17) is 5.11 Å². The van der Waals surface area contributed by atoms with Gasteiger partial charge in [-0.1, -0.05) is 19.3 Å². The van der Waals surface area contributed by atoms with Crippen LogP contribution in [0, 0.1) is 17.5 Å². The van der Waals surface area contributed by atoms with E-state index in [-0.39, 0.29) is 19.2 Å². The standard InChI is InChI=1S/C15H18F3NO2/c16-12-7-6-11(13(17)14(12)18)15(21)19(8-9-20)10-4-2-1-3-5-10/h6-7,10,20H,1-5,8-9H2. The van der Waals surface area contributed by atoms with Crippen LogP contribution in [-0.2, 0) is 0 Å². The van der Waals surface area contributed by atoms with E-state index in [9.17, 15) is 18.0 Å². The molecule has 0 unspecified atom stereocenters. The second-order valence-electron chi connectivity index (χ2n) is 5.24. The van der Waals surface area contributed by atoms with Crippen LogP contribution in [0.3, 0.4) is 0 Å². The number of carbonyl (C=O) groups excluding carboxylic acids is 1. The van der Waals surface area contributed by atoms with E-state index in [1.165, 1.54) is 4.90 Å². The third-order valence-corrected chi connectivity index (χ3v) is 3.88. The summed E-state index contributed by atoms with van der Waals surface area (Å²) in [7, 11) is 0. The van der Waals surface area contributed by atoms with Crippen molar-refractivity contribution in [3.63, 3.8) is 0 Å². The molecule has 1 amide bonds. The average Bonchev–Trinajstić information content (AvgIpc) is 2.51. The van der Waals surface area contributed by atoms with Gasteiger partial charge >= 0.3 is 0 Å². The van der Waals surface area contributed by atoms with E-state index in [1.807, 2.05) is 0 Å². The minimum absolute atomic E-state index is 0.0575. The van der Waals surface area contributed by atoms with Gasteiger partial charge in [0.05, 0.1) is 12.2 Å². The van der Waals surface area contributed by atoms with Gasteiger partial charge in [0.1, 0.15) is 0 Å². The fourth-order valence-electron chi connectivity index (χ4n) is 2.80. The van der Waals surface area contributed by atoms with E-state index in [0.29, 0.717) is 0 Å². The quantitative estimate of drug-likeness (QED) is 0.869. The number of hydrogen-bond acceptors (Lipinski definition) is 2. The SMILES string of the molecule is O=C(c1ccc(F)c(F)c1F)N(CCO)C1CCCCC1. The van der Waals surface area contributed by atoms with Crippen LogP contribution in [-0.4, -0.2) is 35.1 Å². The Kier molecular flexibility index (Phi) is 5.22. The molecule has 0 heterocycles. The van der Waals surface area contributed by atoms with Crippen LogP contribution in [0.25, 0.3) is 0 Å². The first-order valence-corrected chi connectivity index (χ1v) is 7.11. The minimum atomic E-state index is -1.64. The molecule has 116 valence electrons. The molecule has 0 atom stereocenters. The number of rotatable bonds is 4. The van der Waals surface area contributed by atoms with Crippen LogP contribution in [0.15, 0.2) is 12.1 Å². The number of hydrogen-bond donors (Lipinski definition) is 1. The number of nitrogens with zero attached hydrogens (tertiary/aromatic N) is 1. The Morgan fingerprint density at radius 2 is 1.81 bits per heavy atom. The monoisotopic (exact) mass is 301 g/mol. The summed E-state index contributed by atoms with van der Waals surface area (Å²) in [6.07, 6.45) is 4.55. The summed E-state index contributed by atoms with van der Waals surface area (Å²) in [5.41, 5.74) is -0.493. The molecule has 3 nitrogen and oxygen atoms in total. The third-order valence-electron chi connectivity index (χ3n) is 3.88. The van der Waals surface area contributed by atoms with Crippen LogP contribution >= 0.6 is 0 Å². The first kappa shape index (κ1) is 15.8. The van der Waals surface area contributed by atoms with Gasteiger partial charge in [-0.25, -0.2) is 13.2 Å². The maximum Gasteiger partial charge on any atom is 0.257 e. The Morgan fingerprint density at radius 1 is 1.14 bits per heavy atom. The van der Waals surface area contributed by atoms with Crippen molar-refractivity contribution in [2.75, 3.05) is 13.2 Å². The van der Waals surface area contributed by atoms with Crippen LogP contribution in [0.1, 0.15) is 42.5 Å². The topological polar surface area (TPSA) is 40.5 Å². The molecule has 1 aliphatic rings. The summed E-state index contributed by atoms with van der Waals surface area (Å²) in [6.45, 7) is -0.199. The number of amides is 1. The zero-order chi connectivity index (χ0) is 15.4. The highest BCUT2D eigenvalue weighted by atomic mass is 19.2. The first-order chi connectivity index (χ1) is 10.1. The smallest absolute Gasteiger partial charge is 0.257 e. The highest BCUT2D eigenvalue weighted by molar-refractivity contribution is 5.94. The lowest BCUT2D eigenvalue weighted by Gasteiger charge is -2.34. The Bertz CT molecular complexity index is 516. The van der Waals surface area contributed by atoms with E-state index in [1.54, 1.807) is 0 Å². The molecule has 0 radical (unpaired) electrons. The number of benzene rings is 1. The van der Waals surface area contributed by atoms with Crippen LogP contribution < -0.4 is 0 Å². The summed E-state index contributed by atoms with van der Waals surface area (Å²) in [4.78, 5) is 13.8. The molecule has 1 aromatic rings. The number of carbonyl (C=O) groups is 1. The molecule has 21 heavy (non-hydrogen) atoms. The lowest BCUT2D eigenvalue weighted by Crippen LogP contribution is -2.43. The van der Waals surface area contributed by atoms with Crippen molar-refractivity contribution in [1.29, 1.82) is 0 Å². The summed E-state index contributed by atoms with van der Waals surface area (Å²) in [6, 6.07) is 1.60. The molecule has 0 spiro atoms. The van der Waals surface area contributed by atoms with Crippen molar-refractivity contribution in [2.45, 2.75) is 38.1 Å². The molecule has 1 aromatic carbocycles. The van der Waals surface area contributed by atoms with E-state index in [2.05, 4.69) is 0 Å². The molecule has 1 saturated carbocycles. The van der Waals surface area contributed by atoms with Crippen LogP contribution in [0.5, 0.6) is 0 Å². The van der Waals surface area contributed by atoms with E-state index < -0.39 is 28.9 Å². The third kappa shape index (κ3) is 3.37. The zero-order valence-corrected chi connectivity index (χ0v) is 11.6. The van der Waals surface area contributed by atoms with E-state index in [0.717, 1.165) is 44.2 Å². The fourth-order valence-corrected chi connectivity index (χ4v) is 2.80. The maximum atomic E-state index is 13.8. The lowest BCUT2D eigenvalue weighted by atomic mass is 9.93. The van der Waals surface area contributed by atoms with Gasteiger partial charge in [-0.3, -0.25) is 4.79 Å². The van der Waals surface area contributed by atoms with Gasteiger partial charge in [0.15, 0.2) is 17.5 Å². The summed E-state index contributed by atoms with van der Waals surface area (Å²) < 4.78 is 40.0. The molecule has 0 bridgehead atoms. The first-order valence-electron chi connectivity index (χ1n) is 7.11. The molecule has 1 N–H and O–H groups in total. The van der Waals surface area contributed by atoms with Crippen molar-refractivity contribution in [3.8, 4) is 0 Å². The molecular formula is C15H18F3NO2. The second-order valence-corrected chi connectivity index (χ2v) is 5.24. The largest absolute Gasteiger partial charge is 0.395 e. The molecule has 0 aromatic heterocycles. The van der Waals surface area contributed by atoms with Crippen molar-refractivity contribution < 1.29 is 23.1 Å². The number of aliphatic hydroxyl groups is 1. The van der Waals surface area contributed by atoms with Crippen molar-refractivity contribution in [2.24, 2.45) is 0 Å². The van der Waals surface area contributed by atoms with Crippen molar-refractivity contribution in [3.05, 3.63) is 35.1 Å². The van der Waals surface area contributed by atoms with E-state index >= 15 is 0 Å². The van der Waals surface area contributed by atoms with Crippen LogP contribution in [0.4, 0.5) is 13.2 Å². The van der Waals surface area contributed by atoms with Crippen molar-refractivity contribution >= 4 is 5.91 Å². The number of aliphatic hydroxyl groups excluding tert-OH is 1. The highest BCUT2D eigenvalue weighted by Crippen LogP contribution is 2.25. The molecule has 0 aliphatic heterocycles. The van der Waals surface area contributed by atoms with Crippen molar-refractivity contribution in [1.82, 2.24) is 4.90 Å². The van der Waals surface area contributed by atoms with Gasteiger partial charge in [-0.15, -0.1) is 0 Å². The normalized spacial score (nSPS) is 16.0. The van der Waals surface area contributed by atoms with Gasteiger partial charge in [0.25, 0.3) is 5.91 Å². The predicted octanol–water partition coefficient (Wildman–Crippen LogP) is 2.87. The Hall–Kier alpha value is -1.56. The molecule has 6 heteroatoms. The maximum absolute atomic E-state index is 13.8. The lowest BCUT2D eigenvalue weighted by molar-refractivity contribution is 0.0579. The van der Waals surface area contributed by atoms with Gasteiger partial charge in [0.2, 0.25) is 0 Å². The van der Waals surface area contributed by atoms with Gasteiger partial charge in [-0.2, -0.15) is 0 Å². The molecule has 1 aliphatic carbocycles. The molecular weight excluding hydrogens is 283 g/mol. The summed E-state index contributed by atoms with van der Waals surface area (Å²) in [5, 5.41) is 9.11. The molecule has 1 fully saturated rings. The number of halogens is 3. The zero-order valence-electron chi connectivity index (χ0n) is 11.6. The summed E-state index contributed by atoms with van der Waals surface area (Å²) in [5.74, 6) is -5.14. The minimum Gasteiger partial charge on any atom is -0.395 e. The van der Waals surface area contributed by atoms with Gasteiger partial charge in [0, 0.05) is 12.6 Å². The Morgan fingerprint density at radius 3 is 2.43 bits per heavy atom.